The van der Waals surface area contributed by atoms with Gasteiger partial charge >= 0.3 is 0 Å². The lowest BCUT2D eigenvalue weighted by Gasteiger charge is -2.19. The number of Topliss-reactive ketones (excluding diaryl/α,β-unsaturated/α-hetero) is 1. The molecule has 0 aromatic heterocycles. The van der Waals surface area contributed by atoms with Crippen molar-refractivity contribution >= 4 is 12.1 Å². The molecule has 0 radical (unpaired) electrons. The van der Waals surface area contributed by atoms with Crippen molar-refractivity contribution in [2.24, 2.45) is 11.3 Å². The molecule has 2 rings (SSSR count). The van der Waals surface area contributed by atoms with E-state index in [1.165, 1.54) is 6.42 Å². The maximum atomic E-state index is 11.3. The van der Waals surface area contributed by atoms with Crippen molar-refractivity contribution in [3.8, 4) is 0 Å². The smallest absolute Gasteiger partial charge is 0.136 e. The van der Waals surface area contributed by atoms with Crippen LogP contribution in [0.5, 0.6) is 0 Å². The van der Waals surface area contributed by atoms with Crippen LogP contribution < -0.4 is 0 Å². The van der Waals surface area contributed by atoms with E-state index in [4.69, 9.17) is 0 Å². The summed E-state index contributed by atoms with van der Waals surface area (Å²) in [6, 6.07) is 0. The van der Waals surface area contributed by atoms with E-state index in [9.17, 15) is 9.59 Å². The second kappa shape index (κ2) is 2.68. The molecule has 0 heterocycles. The number of hydrogen-bond donors (Lipinski definition) is 0. The van der Waals surface area contributed by atoms with Crippen LogP contribution in [0.3, 0.4) is 0 Å². The quantitative estimate of drug-likeness (QED) is 0.598. The first kappa shape index (κ1) is 7.96. The zero-order valence-electron chi connectivity index (χ0n) is 7.21. The highest BCUT2D eigenvalue weighted by Gasteiger charge is 2.57. The highest BCUT2D eigenvalue weighted by Crippen LogP contribution is 2.62. The van der Waals surface area contributed by atoms with Gasteiger partial charge in [-0.25, -0.2) is 0 Å². The van der Waals surface area contributed by atoms with Crippen molar-refractivity contribution in [3.05, 3.63) is 0 Å². The number of rotatable bonds is 3. The summed E-state index contributed by atoms with van der Waals surface area (Å²) >= 11 is 0. The Labute approximate surface area is 72.3 Å². The van der Waals surface area contributed by atoms with Gasteiger partial charge in [0.2, 0.25) is 0 Å². The SMILES string of the molecule is O=CCCC12CCCC(=O)C1C2. The summed E-state index contributed by atoms with van der Waals surface area (Å²) in [4.78, 5) is 21.5. The van der Waals surface area contributed by atoms with Gasteiger partial charge in [-0.3, -0.25) is 4.79 Å². The summed E-state index contributed by atoms with van der Waals surface area (Å²) in [5.41, 5.74) is 0.288. The minimum Gasteiger partial charge on any atom is -0.303 e. The van der Waals surface area contributed by atoms with Crippen molar-refractivity contribution in [2.45, 2.75) is 38.5 Å². The predicted molar refractivity (Wildman–Crippen MR) is 44.7 cm³/mol. The Morgan fingerprint density at radius 1 is 1.58 bits per heavy atom. The molecule has 0 bridgehead atoms. The first-order valence-electron chi connectivity index (χ1n) is 4.75. The van der Waals surface area contributed by atoms with Gasteiger partial charge in [-0.05, 0) is 31.1 Å². The monoisotopic (exact) mass is 166 g/mol. The highest BCUT2D eigenvalue weighted by atomic mass is 16.1. The molecular weight excluding hydrogens is 152 g/mol. The molecule has 0 aliphatic heterocycles. The summed E-state index contributed by atoms with van der Waals surface area (Å²) in [6.45, 7) is 0. The Hall–Kier alpha value is -0.660. The zero-order chi connectivity index (χ0) is 8.60. The van der Waals surface area contributed by atoms with E-state index >= 15 is 0 Å². The number of aldehydes is 1. The minimum absolute atomic E-state index is 0.288. The predicted octanol–water partition coefficient (Wildman–Crippen LogP) is 1.72. The van der Waals surface area contributed by atoms with Gasteiger partial charge in [0, 0.05) is 18.8 Å². The van der Waals surface area contributed by atoms with Gasteiger partial charge in [-0.1, -0.05) is 0 Å². The van der Waals surface area contributed by atoms with E-state index in [-0.39, 0.29) is 5.41 Å². The van der Waals surface area contributed by atoms with Gasteiger partial charge in [0.1, 0.15) is 12.1 Å². The number of fused-ring (bicyclic) bond motifs is 1. The van der Waals surface area contributed by atoms with Crippen molar-refractivity contribution in [1.29, 1.82) is 0 Å². The number of carbonyl (C=O) groups is 2. The second-order valence-electron chi connectivity index (χ2n) is 4.14. The Bertz CT molecular complexity index is 222. The zero-order valence-corrected chi connectivity index (χ0v) is 7.21. The molecule has 0 aromatic rings. The van der Waals surface area contributed by atoms with E-state index in [0.29, 0.717) is 18.1 Å². The Morgan fingerprint density at radius 2 is 2.42 bits per heavy atom. The molecule has 2 aliphatic carbocycles. The average Bonchev–Trinajstić information content (AvgIpc) is 2.78. The highest BCUT2D eigenvalue weighted by molar-refractivity contribution is 5.85. The molecule has 66 valence electrons. The van der Waals surface area contributed by atoms with Crippen LogP contribution in [0.4, 0.5) is 0 Å². The molecule has 2 fully saturated rings. The molecule has 0 N–H and O–H groups in total. The van der Waals surface area contributed by atoms with Crippen molar-refractivity contribution in [2.75, 3.05) is 0 Å². The van der Waals surface area contributed by atoms with Crippen LogP contribution >= 0.6 is 0 Å². The molecule has 2 unspecified atom stereocenters. The summed E-state index contributed by atoms with van der Waals surface area (Å²) in [6.07, 6.45) is 6.65. The molecular formula is C10H14O2. The number of ketones is 1. The third-order valence-corrected chi connectivity index (χ3v) is 3.44. The first-order valence-corrected chi connectivity index (χ1v) is 4.75. The van der Waals surface area contributed by atoms with Gasteiger partial charge in [0.15, 0.2) is 0 Å². The summed E-state index contributed by atoms with van der Waals surface area (Å²) in [5.74, 6) is 0.790. The van der Waals surface area contributed by atoms with Crippen LogP contribution in [0.25, 0.3) is 0 Å². The summed E-state index contributed by atoms with van der Waals surface area (Å²) in [7, 11) is 0. The van der Waals surface area contributed by atoms with E-state index in [0.717, 1.165) is 32.0 Å². The molecule has 0 aromatic carbocycles. The molecule has 0 saturated heterocycles. The van der Waals surface area contributed by atoms with Crippen molar-refractivity contribution < 1.29 is 9.59 Å². The van der Waals surface area contributed by atoms with Crippen LogP contribution in [-0.2, 0) is 9.59 Å². The third kappa shape index (κ3) is 1.10. The van der Waals surface area contributed by atoms with E-state index in [1.54, 1.807) is 0 Å². The molecule has 0 amide bonds. The van der Waals surface area contributed by atoms with Gasteiger partial charge in [-0.15, -0.1) is 0 Å². The molecule has 2 heteroatoms. The Morgan fingerprint density at radius 3 is 3.17 bits per heavy atom. The molecule has 12 heavy (non-hydrogen) atoms. The number of hydrogen-bond acceptors (Lipinski definition) is 2. The topological polar surface area (TPSA) is 34.1 Å². The van der Waals surface area contributed by atoms with Crippen LogP contribution in [0.15, 0.2) is 0 Å². The Kier molecular flexibility index (Phi) is 1.78. The summed E-state index contributed by atoms with van der Waals surface area (Å²) in [5, 5.41) is 0. The second-order valence-corrected chi connectivity index (χ2v) is 4.14. The van der Waals surface area contributed by atoms with Crippen LogP contribution in [0.1, 0.15) is 38.5 Å². The fourth-order valence-corrected chi connectivity index (χ4v) is 2.62. The average molecular weight is 166 g/mol. The molecule has 2 saturated carbocycles. The van der Waals surface area contributed by atoms with E-state index < -0.39 is 0 Å². The largest absolute Gasteiger partial charge is 0.303 e. The lowest BCUT2D eigenvalue weighted by atomic mass is 9.84. The van der Waals surface area contributed by atoms with Crippen LogP contribution in [-0.4, -0.2) is 12.1 Å². The molecule has 2 nitrogen and oxygen atoms in total. The fourth-order valence-electron chi connectivity index (χ4n) is 2.62. The van der Waals surface area contributed by atoms with Gasteiger partial charge in [-0.2, -0.15) is 0 Å². The van der Waals surface area contributed by atoms with E-state index in [2.05, 4.69) is 0 Å². The van der Waals surface area contributed by atoms with E-state index in [1.807, 2.05) is 0 Å². The van der Waals surface area contributed by atoms with Crippen molar-refractivity contribution in [3.63, 3.8) is 0 Å². The van der Waals surface area contributed by atoms with Gasteiger partial charge in [0.05, 0.1) is 0 Å². The molecule has 0 spiro atoms. The lowest BCUT2D eigenvalue weighted by molar-refractivity contribution is -0.122. The Balaban J connectivity index is 1.96. The van der Waals surface area contributed by atoms with Crippen LogP contribution in [0, 0.1) is 11.3 Å². The number of carbonyl (C=O) groups excluding carboxylic acids is 2. The normalized spacial score (nSPS) is 39.0. The molecule has 2 atom stereocenters. The maximum absolute atomic E-state index is 11.3. The standard InChI is InChI=1S/C10H14O2/c11-6-2-5-10-4-1-3-9(12)8(10)7-10/h6,8H,1-5,7H2. The lowest BCUT2D eigenvalue weighted by Crippen LogP contribution is -2.17. The third-order valence-electron chi connectivity index (χ3n) is 3.44. The van der Waals surface area contributed by atoms with Crippen LogP contribution in [0.2, 0.25) is 0 Å². The minimum atomic E-state index is 0.288. The van der Waals surface area contributed by atoms with Crippen molar-refractivity contribution in [1.82, 2.24) is 0 Å². The molecule has 2 aliphatic rings. The fraction of sp³-hybridized carbons (Fsp3) is 0.800. The first-order chi connectivity index (χ1) is 5.78. The van der Waals surface area contributed by atoms with Gasteiger partial charge in [0.25, 0.3) is 0 Å². The maximum Gasteiger partial charge on any atom is 0.136 e. The summed E-state index contributed by atoms with van der Waals surface area (Å²) < 4.78 is 0. The van der Waals surface area contributed by atoms with Gasteiger partial charge < -0.3 is 4.79 Å².